The fourth-order valence-corrected chi connectivity index (χ4v) is 3.26. The molecule has 1 unspecified atom stereocenters. The quantitative estimate of drug-likeness (QED) is 0.829. The van der Waals surface area contributed by atoms with Crippen LogP contribution in [0.25, 0.3) is 0 Å². The number of carboxylic acid groups (broad SMARTS) is 1. The molecule has 0 amide bonds. The Bertz CT molecular complexity index is 430. The predicted octanol–water partition coefficient (Wildman–Crippen LogP) is 2.15. The first-order chi connectivity index (χ1) is 7.51. The van der Waals surface area contributed by atoms with E-state index >= 15 is 0 Å². The van der Waals surface area contributed by atoms with Crippen molar-refractivity contribution in [2.24, 2.45) is 0 Å². The maximum atomic E-state index is 10.8. The maximum absolute atomic E-state index is 10.8. The van der Waals surface area contributed by atoms with E-state index in [1.54, 1.807) is 11.8 Å². The molecule has 0 saturated carbocycles. The van der Waals surface area contributed by atoms with Gasteiger partial charge in [0, 0.05) is 10.6 Å². The second-order valence-corrected chi connectivity index (χ2v) is 5.34. The molecule has 0 fully saturated rings. The highest BCUT2D eigenvalue weighted by molar-refractivity contribution is 7.99. The summed E-state index contributed by atoms with van der Waals surface area (Å²) < 4.78 is 0. The van der Waals surface area contributed by atoms with Crippen molar-refractivity contribution in [3.63, 3.8) is 0 Å². The van der Waals surface area contributed by atoms with E-state index in [0.717, 1.165) is 21.8 Å². The van der Waals surface area contributed by atoms with Gasteiger partial charge in [0.25, 0.3) is 0 Å². The van der Waals surface area contributed by atoms with E-state index in [2.05, 4.69) is 0 Å². The smallest absolute Gasteiger partial charge is 0.306 e. The van der Waals surface area contributed by atoms with Crippen LogP contribution in [0.3, 0.4) is 0 Å². The van der Waals surface area contributed by atoms with Gasteiger partial charge in [-0.25, -0.2) is 0 Å². The molecule has 3 nitrogen and oxygen atoms in total. The number of rotatable bonds is 2. The largest absolute Gasteiger partial charge is 0.481 e. The minimum absolute atomic E-state index is 0.218. The van der Waals surface area contributed by atoms with Gasteiger partial charge in [-0.15, -0.1) is 11.8 Å². The van der Waals surface area contributed by atoms with Crippen molar-refractivity contribution in [2.45, 2.75) is 30.3 Å². The lowest BCUT2D eigenvalue weighted by Crippen LogP contribution is -2.32. The number of carboxylic acids is 1. The van der Waals surface area contributed by atoms with Crippen LogP contribution < -0.4 is 0 Å². The Labute approximate surface area is 98.5 Å². The van der Waals surface area contributed by atoms with Gasteiger partial charge in [-0.1, -0.05) is 17.7 Å². The molecule has 16 heavy (non-hydrogen) atoms. The molecular weight excluding hydrogens is 224 g/mol. The zero-order chi connectivity index (χ0) is 11.8. The molecule has 1 heterocycles. The minimum Gasteiger partial charge on any atom is -0.481 e. The van der Waals surface area contributed by atoms with Crippen LogP contribution in [0.15, 0.2) is 23.1 Å². The third kappa shape index (κ3) is 2.08. The van der Waals surface area contributed by atoms with Gasteiger partial charge in [0.05, 0.1) is 6.42 Å². The highest BCUT2D eigenvalue weighted by Gasteiger charge is 2.36. The molecule has 0 radical (unpaired) electrons. The second-order valence-electron chi connectivity index (χ2n) is 4.20. The number of hydrogen-bond donors (Lipinski definition) is 2. The summed E-state index contributed by atoms with van der Waals surface area (Å²) in [6, 6.07) is 5.84. The van der Waals surface area contributed by atoms with Crippen molar-refractivity contribution in [1.29, 1.82) is 0 Å². The number of fused-ring (bicyclic) bond motifs is 1. The summed E-state index contributed by atoms with van der Waals surface area (Å²) in [6.45, 7) is 1.95. The molecule has 86 valence electrons. The molecule has 2 N–H and O–H groups in total. The summed E-state index contributed by atoms with van der Waals surface area (Å²) in [4.78, 5) is 11.8. The number of benzene rings is 1. The molecule has 0 aromatic heterocycles. The molecule has 4 heteroatoms. The van der Waals surface area contributed by atoms with Crippen LogP contribution in [0.5, 0.6) is 0 Å². The highest BCUT2D eigenvalue weighted by Crippen LogP contribution is 2.42. The third-order valence-corrected chi connectivity index (χ3v) is 3.93. The van der Waals surface area contributed by atoms with E-state index in [4.69, 9.17) is 5.11 Å². The summed E-state index contributed by atoms with van der Waals surface area (Å²) in [7, 11) is 0. The zero-order valence-corrected chi connectivity index (χ0v) is 9.88. The van der Waals surface area contributed by atoms with Crippen LogP contribution in [0, 0.1) is 6.92 Å². The van der Waals surface area contributed by atoms with Crippen LogP contribution >= 0.6 is 11.8 Å². The molecule has 1 atom stereocenters. The van der Waals surface area contributed by atoms with E-state index in [9.17, 15) is 9.90 Å². The zero-order valence-electron chi connectivity index (χ0n) is 9.06. The number of aliphatic hydroxyl groups is 1. The van der Waals surface area contributed by atoms with Crippen LogP contribution in [-0.4, -0.2) is 21.9 Å². The summed E-state index contributed by atoms with van der Waals surface area (Å²) in [5.41, 5.74) is 0.620. The molecular formula is C12H14O3S. The van der Waals surface area contributed by atoms with Gasteiger partial charge in [0.2, 0.25) is 0 Å². The number of aliphatic carboxylic acids is 1. The summed E-state index contributed by atoms with van der Waals surface area (Å²) >= 11 is 1.67. The average Bonchev–Trinajstić information content (AvgIpc) is 2.18. The van der Waals surface area contributed by atoms with Crippen molar-refractivity contribution in [1.82, 2.24) is 0 Å². The summed E-state index contributed by atoms with van der Waals surface area (Å²) in [5.74, 6) is -0.193. The first-order valence-corrected chi connectivity index (χ1v) is 6.18. The Morgan fingerprint density at radius 2 is 2.31 bits per heavy atom. The van der Waals surface area contributed by atoms with Crippen molar-refractivity contribution in [2.75, 3.05) is 5.75 Å². The lowest BCUT2D eigenvalue weighted by molar-refractivity contribution is -0.143. The number of carbonyl (C=O) groups is 1. The molecule has 1 aromatic carbocycles. The van der Waals surface area contributed by atoms with Gasteiger partial charge >= 0.3 is 5.97 Å². The van der Waals surface area contributed by atoms with E-state index < -0.39 is 11.6 Å². The molecule has 1 aliphatic heterocycles. The number of aryl methyl sites for hydroxylation is 1. The number of hydrogen-bond acceptors (Lipinski definition) is 3. The lowest BCUT2D eigenvalue weighted by Gasteiger charge is -2.33. The highest BCUT2D eigenvalue weighted by atomic mass is 32.2. The van der Waals surface area contributed by atoms with Gasteiger partial charge in [-0.2, -0.15) is 0 Å². The predicted molar refractivity (Wildman–Crippen MR) is 62.7 cm³/mol. The average molecular weight is 238 g/mol. The summed E-state index contributed by atoms with van der Waals surface area (Å²) in [5, 5.41) is 19.3. The van der Waals surface area contributed by atoms with Crippen molar-refractivity contribution < 1.29 is 15.0 Å². The Morgan fingerprint density at radius 3 is 3.00 bits per heavy atom. The third-order valence-electron chi connectivity index (χ3n) is 2.85. The van der Waals surface area contributed by atoms with E-state index in [0.29, 0.717) is 6.42 Å². The van der Waals surface area contributed by atoms with E-state index in [-0.39, 0.29) is 6.42 Å². The summed E-state index contributed by atoms with van der Waals surface area (Å²) in [6.07, 6.45) is 0.282. The Balaban J connectivity index is 2.45. The topological polar surface area (TPSA) is 57.5 Å². The molecule has 2 rings (SSSR count). The molecule has 0 aliphatic carbocycles. The normalized spacial score (nSPS) is 23.9. The second kappa shape index (κ2) is 4.11. The van der Waals surface area contributed by atoms with Gasteiger partial charge in [0.15, 0.2) is 0 Å². The van der Waals surface area contributed by atoms with Gasteiger partial charge in [-0.3, -0.25) is 4.79 Å². The van der Waals surface area contributed by atoms with Crippen LogP contribution in [-0.2, 0) is 10.4 Å². The Hall–Kier alpha value is -1.00. The lowest BCUT2D eigenvalue weighted by atomic mass is 9.86. The van der Waals surface area contributed by atoms with Crippen LogP contribution in [0.2, 0.25) is 0 Å². The number of thioether (sulfide) groups is 1. The van der Waals surface area contributed by atoms with Gasteiger partial charge in [0.1, 0.15) is 5.60 Å². The first-order valence-electron chi connectivity index (χ1n) is 5.19. The standard InChI is InChI=1S/C12H14O3S/c1-8-2-3-10-9(6-8)12(15,4-5-16-10)7-11(13)14/h2-3,6,15H,4-5,7H2,1H3,(H,13,14). The molecule has 1 aromatic rings. The van der Waals surface area contributed by atoms with Gasteiger partial charge in [-0.05, 0) is 25.0 Å². The molecule has 1 aliphatic rings. The molecule has 0 saturated heterocycles. The van der Waals surface area contributed by atoms with Crippen LogP contribution in [0.4, 0.5) is 0 Å². The molecule has 0 spiro atoms. The van der Waals surface area contributed by atoms with Crippen molar-refractivity contribution >= 4 is 17.7 Å². The first kappa shape index (κ1) is 11.5. The fraction of sp³-hybridized carbons (Fsp3) is 0.417. The van der Waals surface area contributed by atoms with Crippen LogP contribution in [0.1, 0.15) is 24.0 Å². The Morgan fingerprint density at radius 1 is 1.56 bits per heavy atom. The Kier molecular flexibility index (Phi) is 2.95. The monoisotopic (exact) mass is 238 g/mol. The van der Waals surface area contributed by atoms with E-state index in [1.807, 2.05) is 25.1 Å². The molecule has 0 bridgehead atoms. The van der Waals surface area contributed by atoms with Crippen molar-refractivity contribution in [3.8, 4) is 0 Å². The maximum Gasteiger partial charge on any atom is 0.306 e. The van der Waals surface area contributed by atoms with E-state index in [1.165, 1.54) is 0 Å². The van der Waals surface area contributed by atoms with Gasteiger partial charge < -0.3 is 10.2 Å². The van der Waals surface area contributed by atoms with Crippen molar-refractivity contribution in [3.05, 3.63) is 29.3 Å². The SMILES string of the molecule is Cc1ccc2c(c1)C(O)(CC(=O)O)CCS2. The fourth-order valence-electron chi connectivity index (χ4n) is 2.03. The minimum atomic E-state index is -1.20.